The number of phenols is 1. The fraction of sp³-hybridized carbons (Fsp3) is 0.552. The number of aromatic hydroxyl groups is 1. The number of primary amides is 1. The van der Waals surface area contributed by atoms with Crippen molar-refractivity contribution in [3.8, 4) is 5.75 Å². The van der Waals surface area contributed by atoms with E-state index in [1.54, 1.807) is 25.1 Å². The molecule has 41 heavy (non-hydrogen) atoms. The van der Waals surface area contributed by atoms with E-state index in [0.29, 0.717) is 29.5 Å². The topological polar surface area (TPSA) is 189 Å². The monoisotopic (exact) mass is 571 g/mol. The Labute approximate surface area is 239 Å². The molecule has 1 aromatic carbocycles. The van der Waals surface area contributed by atoms with Crippen molar-refractivity contribution in [2.24, 2.45) is 29.4 Å². The van der Waals surface area contributed by atoms with Crippen LogP contribution in [-0.2, 0) is 20.8 Å². The van der Waals surface area contributed by atoms with Crippen LogP contribution in [0.4, 0.5) is 11.4 Å². The molecule has 1 amide bonds. The number of aliphatic hydroxyl groups is 3. The Hall–Kier alpha value is -3.61. The van der Waals surface area contributed by atoms with Gasteiger partial charge in [0.1, 0.15) is 17.4 Å². The maximum Gasteiger partial charge on any atom is 0.230 e. The predicted molar refractivity (Wildman–Crippen MR) is 154 cm³/mol. The highest BCUT2D eigenvalue weighted by Crippen LogP contribution is 2.54. The zero-order valence-corrected chi connectivity index (χ0v) is 24.4. The average molecular weight is 572 g/mol. The number of Topliss-reactive ketones (excluding diaryl/α,β-unsaturated/α-hetero) is 2. The van der Waals surface area contributed by atoms with E-state index in [0.717, 1.165) is 0 Å². The molecule has 2 fully saturated rings. The SMILES string of the molecule is C=C(NCC(C)C)Nc1cc(N(C)C)c2c(c1O)C(O)=C1C(=O)[C@@]3(O)C(=O)C(C(N)=O)C(O)[C@H](N(C)C)[C@H]3C[C@H]1C2. The number of carbonyl (C=O) groups is 3. The summed E-state index contributed by atoms with van der Waals surface area (Å²) < 4.78 is 0. The summed E-state index contributed by atoms with van der Waals surface area (Å²) in [5, 5.41) is 51.9. The summed E-state index contributed by atoms with van der Waals surface area (Å²) in [5.74, 6) is -7.01. The molecule has 224 valence electrons. The Bertz CT molecular complexity index is 1340. The second-order valence-electron chi connectivity index (χ2n) is 12.2. The minimum absolute atomic E-state index is 0.0101. The van der Waals surface area contributed by atoms with E-state index in [9.17, 15) is 34.8 Å². The second-order valence-corrected chi connectivity index (χ2v) is 12.2. The Morgan fingerprint density at radius 3 is 2.39 bits per heavy atom. The number of hydrogen-bond donors (Lipinski definition) is 7. The molecular weight excluding hydrogens is 530 g/mol. The van der Waals surface area contributed by atoms with Gasteiger partial charge in [-0.1, -0.05) is 20.4 Å². The number of nitrogens with two attached hydrogens (primary N) is 1. The third-order valence-corrected chi connectivity index (χ3v) is 8.56. The first-order chi connectivity index (χ1) is 19.0. The number of carbonyl (C=O) groups excluding carboxylic acids is 3. The summed E-state index contributed by atoms with van der Waals surface area (Å²) in [6, 6.07) is 0.783. The minimum atomic E-state index is -2.70. The number of rotatable bonds is 8. The zero-order valence-electron chi connectivity index (χ0n) is 24.4. The standard InChI is InChI=1S/C29H41N5O7/c1-12(2)11-31-13(3)32-17-10-18(33(4)5)15-8-14-9-16-22(34(6)7)25(37)21(28(30)40)27(39)29(16,41)26(38)19(14)24(36)20(15)23(17)35/h10,12,14,16,21-22,25,31-32,35-37,41H,3,8-9,11H2,1-2,4-7H3,(H2,30,40)/t14-,16-,21?,22-,25?,29-/m1/s1. The molecule has 3 aliphatic rings. The van der Waals surface area contributed by atoms with Crippen molar-refractivity contribution in [1.29, 1.82) is 0 Å². The van der Waals surface area contributed by atoms with E-state index < -0.39 is 58.7 Å². The Morgan fingerprint density at radius 2 is 1.85 bits per heavy atom. The van der Waals surface area contributed by atoms with Gasteiger partial charge in [-0.3, -0.25) is 14.4 Å². The van der Waals surface area contributed by atoms with Crippen LogP contribution in [0.1, 0.15) is 31.4 Å². The summed E-state index contributed by atoms with van der Waals surface area (Å²) >= 11 is 0. The van der Waals surface area contributed by atoms with Gasteiger partial charge in [0.15, 0.2) is 11.4 Å². The van der Waals surface area contributed by atoms with Crippen LogP contribution in [0.25, 0.3) is 5.76 Å². The van der Waals surface area contributed by atoms with Gasteiger partial charge in [-0.05, 0) is 50.4 Å². The van der Waals surface area contributed by atoms with Gasteiger partial charge < -0.3 is 46.6 Å². The number of hydrogen-bond acceptors (Lipinski definition) is 11. The van der Waals surface area contributed by atoms with Gasteiger partial charge in [0.2, 0.25) is 11.7 Å². The van der Waals surface area contributed by atoms with E-state index in [-0.39, 0.29) is 35.4 Å². The quantitative estimate of drug-likeness (QED) is 0.168. The number of anilines is 2. The number of fused-ring (bicyclic) bond motifs is 3. The summed E-state index contributed by atoms with van der Waals surface area (Å²) in [7, 11) is 6.86. The number of amides is 1. The third kappa shape index (κ3) is 4.73. The highest BCUT2D eigenvalue weighted by Gasteiger charge is 2.67. The molecule has 2 unspecified atom stereocenters. The number of nitrogens with one attached hydrogen (secondary N) is 2. The van der Waals surface area contributed by atoms with Crippen molar-refractivity contribution < 1.29 is 34.8 Å². The number of aliphatic hydroxyl groups excluding tert-OH is 2. The molecule has 0 radical (unpaired) electrons. The van der Waals surface area contributed by atoms with Crippen molar-refractivity contribution in [2.75, 3.05) is 45.0 Å². The predicted octanol–water partition coefficient (Wildman–Crippen LogP) is 0.324. The summed E-state index contributed by atoms with van der Waals surface area (Å²) in [6.07, 6.45) is -1.26. The van der Waals surface area contributed by atoms with E-state index in [2.05, 4.69) is 17.2 Å². The lowest BCUT2D eigenvalue weighted by atomic mass is 9.54. The van der Waals surface area contributed by atoms with Crippen LogP contribution in [0, 0.1) is 23.7 Å². The largest absolute Gasteiger partial charge is 0.507 e. The number of nitrogens with zero attached hydrogens (tertiary/aromatic N) is 2. The first-order valence-electron chi connectivity index (χ1n) is 13.7. The normalized spacial score (nSPS) is 29.2. The molecule has 2 saturated carbocycles. The number of ketones is 2. The fourth-order valence-electron chi connectivity index (χ4n) is 6.68. The summed E-state index contributed by atoms with van der Waals surface area (Å²) in [6.45, 7) is 8.65. The van der Waals surface area contributed by atoms with Gasteiger partial charge in [0.05, 0.1) is 23.2 Å². The van der Waals surface area contributed by atoms with Gasteiger partial charge in [-0.2, -0.15) is 0 Å². The van der Waals surface area contributed by atoms with Crippen LogP contribution < -0.4 is 21.3 Å². The lowest BCUT2D eigenvalue weighted by molar-refractivity contribution is -0.184. The second kappa shape index (κ2) is 10.7. The van der Waals surface area contributed by atoms with Crippen molar-refractivity contribution >= 4 is 34.6 Å². The molecule has 0 aliphatic heterocycles. The van der Waals surface area contributed by atoms with Crippen molar-refractivity contribution in [3.63, 3.8) is 0 Å². The van der Waals surface area contributed by atoms with Gasteiger partial charge in [-0.15, -0.1) is 0 Å². The van der Waals surface area contributed by atoms with E-state index in [4.69, 9.17) is 5.73 Å². The molecule has 6 atom stereocenters. The van der Waals surface area contributed by atoms with Gasteiger partial charge >= 0.3 is 0 Å². The number of benzene rings is 1. The molecule has 3 aliphatic carbocycles. The van der Waals surface area contributed by atoms with Crippen LogP contribution in [0.3, 0.4) is 0 Å². The molecule has 12 heteroatoms. The summed E-state index contributed by atoms with van der Waals surface area (Å²) in [4.78, 5) is 43.2. The van der Waals surface area contributed by atoms with Crippen LogP contribution in [-0.4, -0.2) is 95.3 Å². The molecule has 4 rings (SSSR count). The van der Waals surface area contributed by atoms with Gasteiger partial charge in [0, 0.05) is 43.9 Å². The lowest BCUT2D eigenvalue weighted by Crippen LogP contribution is -2.73. The molecular formula is C29H41N5O7. The maximum atomic E-state index is 14.1. The fourth-order valence-corrected chi connectivity index (χ4v) is 6.68. The van der Waals surface area contributed by atoms with Crippen molar-refractivity contribution in [1.82, 2.24) is 10.2 Å². The van der Waals surface area contributed by atoms with Gasteiger partial charge in [-0.25, -0.2) is 0 Å². The molecule has 1 aromatic rings. The number of phenolic OH excluding ortho intramolecular Hbond substituents is 1. The highest BCUT2D eigenvalue weighted by atomic mass is 16.3. The third-order valence-electron chi connectivity index (χ3n) is 8.56. The molecule has 0 heterocycles. The lowest BCUT2D eigenvalue weighted by Gasteiger charge is -2.53. The highest BCUT2D eigenvalue weighted by molar-refractivity contribution is 6.25. The Balaban J connectivity index is 1.87. The van der Waals surface area contributed by atoms with Crippen LogP contribution in [0.2, 0.25) is 0 Å². The molecule has 0 bridgehead atoms. The van der Waals surface area contributed by atoms with E-state index in [1.165, 1.54) is 0 Å². The number of likely N-dealkylation sites (N-methyl/N-ethyl adjacent to an activating group) is 1. The Morgan fingerprint density at radius 1 is 1.22 bits per heavy atom. The average Bonchev–Trinajstić information content (AvgIpc) is 2.85. The molecule has 0 aromatic heterocycles. The minimum Gasteiger partial charge on any atom is -0.507 e. The van der Waals surface area contributed by atoms with Crippen molar-refractivity contribution in [3.05, 3.63) is 35.2 Å². The van der Waals surface area contributed by atoms with Crippen LogP contribution in [0.15, 0.2) is 24.0 Å². The first-order valence-corrected chi connectivity index (χ1v) is 13.7. The van der Waals surface area contributed by atoms with Crippen LogP contribution >= 0.6 is 0 Å². The summed E-state index contributed by atoms with van der Waals surface area (Å²) in [5.41, 5.74) is 4.05. The van der Waals surface area contributed by atoms with Gasteiger partial charge in [0.25, 0.3) is 0 Å². The van der Waals surface area contributed by atoms with E-state index in [1.807, 2.05) is 32.8 Å². The first kappa shape index (κ1) is 30.4. The van der Waals surface area contributed by atoms with Crippen LogP contribution in [0.5, 0.6) is 5.75 Å². The van der Waals surface area contributed by atoms with Crippen molar-refractivity contribution in [2.45, 2.75) is 44.4 Å². The van der Waals surface area contributed by atoms with E-state index >= 15 is 0 Å². The molecule has 0 spiro atoms. The molecule has 0 saturated heterocycles. The zero-order chi connectivity index (χ0) is 30.7. The maximum absolute atomic E-state index is 14.1. The molecule has 12 nitrogen and oxygen atoms in total. The smallest absolute Gasteiger partial charge is 0.230 e. The molecule has 8 N–H and O–H groups in total. The Kier molecular flexibility index (Phi) is 7.89.